The number of hydrogen-bond acceptors (Lipinski definition) is 2. The highest BCUT2D eigenvalue weighted by atomic mass is 32.2. The van der Waals surface area contributed by atoms with Crippen molar-refractivity contribution in [3.05, 3.63) is 65.7 Å². The Morgan fingerprint density at radius 2 is 1.60 bits per heavy atom. The summed E-state index contributed by atoms with van der Waals surface area (Å²) >= 11 is 1.71. The van der Waals surface area contributed by atoms with Gasteiger partial charge in [0, 0.05) is 18.7 Å². The quantitative estimate of drug-likeness (QED) is 0.544. The number of aliphatic imine (C=N–C) groups is 2. The molecule has 0 aliphatic carbocycles. The van der Waals surface area contributed by atoms with E-state index in [1.807, 2.05) is 30.3 Å². The lowest BCUT2D eigenvalue weighted by atomic mass is 10.1. The second-order valence-electron chi connectivity index (χ2n) is 6.28. The van der Waals surface area contributed by atoms with Gasteiger partial charge in [-0.15, -0.1) is 0 Å². The summed E-state index contributed by atoms with van der Waals surface area (Å²) in [6.07, 6.45) is 5.91. The van der Waals surface area contributed by atoms with E-state index in [1.54, 1.807) is 11.8 Å². The molecule has 0 unspecified atom stereocenters. The summed E-state index contributed by atoms with van der Waals surface area (Å²) in [5.41, 5.74) is 3.22. The van der Waals surface area contributed by atoms with Crippen LogP contribution in [-0.2, 0) is 0 Å². The molecule has 0 bridgehead atoms. The molecular weight excluding hydrogens is 326 g/mol. The smallest absolute Gasteiger partial charge is 0.165 e. The molecule has 0 saturated carbocycles. The molecule has 1 aliphatic rings. The van der Waals surface area contributed by atoms with Crippen LogP contribution in [-0.4, -0.2) is 35.2 Å². The van der Waals surface area contributed by atoms with Crippen molar-refractivity contribution in [2.24, 2.45) is 9.98 Å². The first-order valence-corrected chi connectivity index (χ1v) is 10.1. The maximum atomic E-state index is 4.96. The van der Waals surface area contributed by atoms with Crippen LogP contribution in [0.3, 0.4) is 0 Å². The fourth-order valence-corrected chi connectivity index (χ4v) is 3.52. The molecule has 0 radical (unpaired) electrons. The Balaban J connectivity index is 1.98. The van der Waals surface area contributed by atoms with Crippen LogP contribution in [0.15, 0.2) is 64.6 Å². The van der Waals surface area contributed by atoms with Crippen molar-refractivity contribution >= 4 is 28.5 Å². The van der Waals surface area contributed by atoms with Gasteiger partial charge in [0.1, 0.15) is 0 Å². The van der Waals surface area contributed by atoms with Crippen molar-refractivity contribution in [3.63, 3.8) is 0 Å². The molecule has 1 heterocycles. The van der Waals surface area contributed by atoms with E-state index in [9.17, 15) is 0 Å². The van der Waals surface area contributed by atoms with Crippen LogP contribution < -0.4 is 0 Å². The minimum absolute atomic E-state index is 0.777. The Morgan fingerprint density at radius 3 is 2.24 bits per heavy atom. The van der Waals surface area contributed by atoms with Crippen LogP contribution >= 0.6 is 11.8 Å². The molecule has 0 aromatic heterocycles. The van der Waals surface area contributed by atoms with Gasteiger partial charge in [0.25, 0.3) is 0 Å². The van der Waals surface area contributed by atoms with Gasteiger partial charge in [-0.1, -0.05) is 59.8 Å². The van der Waals surface area contributed by atoms with Crippen molar-refractivity contribution in [1.82, 2.24) is 4.90 Å². The van der Waals surface area contributed by atoms with Gasteiger partial charge in [-0.05, 0) is 44.6 Å². The van der Waals surface area contributed by atoms with Crippen LogP contribution in [0.2, 0.25) is 0 Å². The number of aryl methyl sites for hydroxylation is 1. The molecule has 4 heteroatoms. The summed E-state index contributed by atoms with van der Waals surface area (Å²) in [5, 5.41) is 1.06. The minimum Gasteiger partial charge on any atom is -0.351 e. The highest BCUT2D eigenvalue weighted by molar-refractivity contribution is 8.13. The molecule has 0 amide bonds. The van der Waals surface area contributed by atoms with Gasteiger partial charge in [-0.3, -0.25) is 0 Å². The second-order valence-corrected chi connectivity index (χ2v) is 7.06. The second kappa shape index (κ2) is 8.86. The number of hydrogen-bond donors (Lipinski definition) is 0. The van der Waals surface area contributed by atoms with Crippen LogP contribution in [0.4, 0.5) is 5.69 Å². The first kappa shape index (κ1) is 17.7. The molecule has 0 N–H and O–H groups in total. The fourth-order valence-electron chi connectivity index (χ4n) is 2.90. The average Bonchev–Trinajstić information content (AvgIpc) is 2.68. The van der Waals surface area contributed by atoms with Crippen LogP contribution in [0.1, 0.15) is 30.4 Å². The Bertz CT molecular complexity index is 729. The van der Waals surface area contributed by atoms with Gasteiger partial charge in [0.2, 0.25) is 0 Å². The lowest BCUT2D eigenvalue weighted by Gasteiger charge is -2.28. The number of nitrogens with zero attached hydrogens (tertiary/aromatic N) is 3. The zero-order valence-corrected chi connectivity index (χ0v) is 15.8. The van der Waals surface area contributed by atoms with Crippen molar-refractivity contribution in [3.8, 4) is 0 Å². The monoisotopic (exact) mass is 351 g/mol. The van der Waals surface area contributed by atoms with Gasteiger partial charge >= 0.3 is 0 Å². The number of piperidine rings is 1. The van der Waals surface area contributed by atoms with Crippen molar-refractivity contribution < 1.29 is 0 Å². The Morgan fingerprint density at radius 1 is 0.920 bits per heavy atom. The maximum Gasteiger partial charge on any atom is 0.165 e. The number of amidine groups is 2. The predicted molar refractivity (Wildman–Crippen MR) is 110 cm³/mol. The number of thioether (sulfide) groups is 1. The Labute approximate surface area is 154 Å². The predicted octanol–water partition coefficient (Wildman–Crippen LogP) is 5.28. The van der Waals surface area contributed by atoms with Crippen LogP contribution in [0.25, 0.3) is 0 Å². The molecule has 0 atom stereocenters. The third-order valence-electron chi connectivity index (χ3n) is 4.31. The van der Waals surface area contributed by atoms with Crippen molar-refractivity contribution in [2.75, 3.05) is 19.3 Å². The molecule has 2 aromatic carbocycles. The van der Waals surface area contributed by atoms with Gasteiger partial charge in [0.15, 0.2) is 11.0 Å². The normalized spacial score (nSPS) is 16.2. The molecule has 1 saturated heterocycles. The Kier molecular flexibility index (Phi) is 6.29. The third kappa shape index (κ3) is 4.95. The van der Waals surface area contributed by atoms with Crippen molar-refractivity contribution in [2.45, 2.75) is 26.2 Å². The van der Waals surface area contributed by atoms with E-state index in [0.717, 1.165) is 35.3 Å². The van der Waals surface area contributed by atoms with E-state index in [-0.39, 0.29) is 0 Å². The summed E-state index contributed by atoms with van der Waals surface area (Å²) in [6.45, 7) is 4.27. The first-order valence-electron chi connectivity index (χ1n) is 8.84. The molecule has 0 spiro atoms. The van der Waals surface area contributed by atoms with Gasteiger partial charge < -0.3 is 4.90 Å². The lowest BCUT2D eigenvalue weighted by molar-refractivity contribution is 0.348. The van der Waals surface area contributed by atoms with Gasteiger partial charge in [0.05, 0.1) is 5.69 Å². The average molecular weight is 352 g/mol. The molecule has 1 fully saturated rings. The molecule has 3 nitrogen and oxygen atoms in total. The van der Waals surface area contributed by atoms with E-state index in [4.69, 9.17) is 9.98 Å². The topological polar surface area (TPSA) is 28.0 Å². The third-order valence-corrected chi connectivity index (χ3v) is 5.03. The number of rotatable bonds is 2. The molecule has 25 heavy (non-hydrogen) atoms. The Hall–Kier alpha value is -2.07. The van der Waals surface area contributed by atoms with E-state index in [0.29, 0.717) is 0 Å². The zero-order valence-electron chi connectivity index (χ0n) is 15.0. The lowest BCUT2D eigenvalue weighted by Crippen LogP contribution is -2.34. The SMILES string of the molecule is CSC(=NC(=Nc1ccc(C)cc1)c1ccccc1)N1CCCCC1. The van der Waals surface area contributed by atoms with Crippen LogP contribution in [0.5, 0.6) is 0 Å². The van der Waals surface area contributed by atoms with E-state index >= 15 is 0 Å². The van der Waals surface area contributed by atoms with Crippen molar-refractivity contribution in [1.29, 1.82) is 0 Å². The first-order chi connectivity index (χ1) is 12.3. The largest absolute Gasteiger partial charge is 0.351 e. The molecule has 130 valence electrons. The molecule has 2 aromatic rings. The maximum absolute atomic E-state index is 4.96. The van der Waals surface area contributed by atoms with Gasteiger partial charge in [-0.2, -0.15) is 0 Å². The number of likely N-dealkylation sites (tertiary alicyclic amines) is 1. The van der Waals surface area contributed by atoms with Crippen LogP contribution in [0, 0.1) is 6.92 Å². The molecule has 3 rings (SSSR count). The number of benzene rings is 2. The summed E-state index contributed by atoms with van der Waals surface area (Å²) in [5.74, 6) is 0.777. The highest BCUT2D eigenvalue weighted by Gasteiger charge is 2.15. The van der Waals surface area contributed by atoms with Gasteiger partial charge in [-0.25, -0.2) is 9.98 Å². The minimum atomic E-state index is 0.777. The highest BCUT2D eigenvalue weighted by Crippen LogP contribution is 2.19. The fraction of sp³-hybridized carbons (Fsp3) is 0.333. The summed E-state index contributed by atoms with van der Waals surface area (Å²) < 4.78 is 0. The van der Waals surface area contributed by atoms with E-state index < -0.39 is 0 Å². The summed E-state index contributed by atoms with van der Waals surface area (Å²) in [7, 11) is 0. The van der Waals surface area contributed by atoms with E-state index in [1.165, 1.54) is 24.8 Å². The molecular formula is C21H25N3S. The summed E-state index contributed by atoms with van der Waals surface area (Å²) in [4.78, 5) is 12.2. The molecule has 1 aliphatic heterocycles. The zero-order chi connectivity index (χ0) is 17.5. The van der Waals surface area contributed by atoms with E-state index in [2.05, 4.69) is 42.3 Å². The summed E-state index contributed by atoms with van der Waals surface area (Å²) in [6, 6.07) is 18.5. The standard InChI is InChI=1S/C21H25N3S/c1-17-11-13-19(14-12-17)22-20(18-9-5-3-6-10-18)23-21(25-2)24-15-7-4-8-16-24/h3,5-6,9-14H,4,7-8,15-16H2,1-2H3.